The van der Waals surface area contributed by atoms with Crippen molar-refractivity contribution in [1.29, 1.82) is 0 Å². The van der Waals surface area contributed by atoms with Crippen molar-refractivity contribution in [3.63, 3.8) is 0 Å². The molecule has 11 heteroatoms. The highest BCUT2D eigenvalue weighted by Gasteiger charge is 2.37. The molecule has 0 radical (unpaired) electrons. The number of ether oxygens (including phenoxy) is 1. The zero-order valence-electron chi connectivity index (χ0n) is 16.1. The molecule has 0 unspecified atom stereocenters. The molecule has 0 saturated carbocycles. The molecular weight excluding hydrogens is 395 g/mol. The first-order valence-corrected chi connectivity index (χ1v) is 9.44. The van der Waals surface area contributed by atoms with E-state index >= 15 is 0 Å². The summed E-state index contributed by atoms with van der Waals surface area (Å²) in [4.78, 5) is 29.8. The van der Waals surface area contributed by atoms with Gasteiger partial charge in [-0.2, -0.15) is 0 Å². The fraction of sp³-hybridized carbons (Fsp3) is 0.316. The van der Waals surface area contributed by atoms with Crippen LogP contribution in [0.2, 0.25) is 6.32 Å². The van der Waals surface area contributed by atoms with Crippen LogP contribution < -0.4 is 9.39 Å². The lowest BCUT2D eigenvalue weighted by Crippen LogP contribution is -2.56. The minimum absolute atomic E-state index is 0.0201. The van der Waals surface area contributed by atoms with Crippen molar-refractivity contribution in [2.75, 3.05) is 13.1 Å². The summed E-state index contributed by atoms with van der Waals surface area (Å²) < 4.78 is 10.9. The van der Waals surface area contributed by atoms with Gasteiger partial charge in [0.2, 0.25) is 0 Å². The first kappa shape index (κ1) is 20.0. The van der Waals surface area contributed by atoms with Crippen LogP contribution in [0.5, 0.6) is 17.2 Å². The van der Waals surface area contributed by atoms with Crippen LogP contribution in [0.3, 0.4) is 0 Å². The van der Waals surface area contributed by atoms with Gasteiger partial charge in [0.05, 0.1) is 24.4 Å². The van der Waals surface area contributed by atoms with E-state index in [9.17, 15) is 29.9 Å². The van der Waals surface area contributed by atoms with Gasteiger partial charge in [0.25, 0.3) is 5.91 Å². The van der Waals surface area contributed by atoms with E-state index in [4.69, 9.17) is 9.39 Å². The van der Waals surface area contributed by atoms with E-state index in [1.54, 1.807) is 13.0 Å². The summed E-state index contributed by atoms with van der Waals surface area (Å²) in [7, 11) is 0. The maximum absolute atomic E-state index is 12.5. The Morgan fingerprint density at radius 2 is 2.03 bits per heavy atom. The van der Waals surface area contributed by atoms with Gasteiger partial charge < -0.3 is 34.6 Å². The molecule has 1 fully saturated rings. The average molecular weight is 415 g/mol. The van der Waals surface area contributed by atoms with E-state index in [1.807, 2.05) is 0 Å². The van der Waals surface area contributed by atoms with Gasteiger partial charge in [0.1, 0.15) is 23.2 Å². The fourth-order valence-electron chi connectivity index (χ4n) is 3.57. The SMILES string of the molecule is Cc1cc(O)c(C(=O)N2CC(Oc3ccc4c(c3C(=O)O)O[B-](O)(O)CC4)C2)cn1. The van der Waals surface area contributed by atoms with E-state index in [2.05, 4.69) is 4.98 Å². The lowest BCUT2D eigenvalue weighted by Gasteiger charge is -2.40. The third-order valence-electron chi connectivity index (χ3n) is 5.19. The number of aromatic nitrogens is 1. The summed E-state index contributed by atoms with van der Waals surface area (Å²) in [6.45, 7) is -1.04. The first-order valence-electron chi connectivity index (χ1n) is 9.44. The molecule has 1 saturated heterocycles. The van der Waals surface area contributed by atoms with Crippen molar-refractivity contribution >= 4 is 18.6 Å². The van der Waals surface area contributed by atoms with Gasteiger partial charge >= 0.3 is 12.7 Å². The Bertz CT molecular complexity index is 1040. The van der Waals surface area contributed by atoms with Crippen molar-refractivity contribution in [2.24, 2.45) is 0 Å². The molecular formula is C19H20BN2O8-. The molecule has 0 atom stereocenters. The number of aromatic carboxylic acids is 1. The molecule has 1 aromatic carbocycles. The average Bonchev–Trinajstić information content (AvgIpc) is 2.62. The van der Waals surface area contributed by atoms with Crippen molar-refractivity contribution in [2.45, 2.75) is 25.8 Å². The smallest absolute Gasteiger partial charge is 0.430 e. The molecule has 0 aliphatic carbocycles. The van der Waals surface area contributed by atoms with Gasteiger partial charge in [0.15, 0.2) is 0 Å². The van der Waals surface area contributed by atoms with Crippen LogP contribution in [0, 0.1) is 6.92 Å². The molecule has 0 bridgehead atoms. The van der Waals surface area contributed by atoms with Crippen LogP contribution in [0.25, 0.3) is 0 Å². The number of aromatic hydroxyl groups is 1. The number of carboxylic acid groups (broad SMARTS) is 1. The number of carbonyl (C=O) groups excluding carboxylic acids is 1. The number of rotatable bonds is 4. The van der Waals surface area contributed by atoms with Crippen LogP contribution in [0.1, 0.15) is 32.0 Å². The minimum atomic E-state index is -3.12. The second kappa shape index (κ2) is 7.19. The lowest BCUT2D eigenvalue weighted by atomic mass is 9.70. The molecule has 4 rings (SSSR count). The maximum Gasteiger partial charge on any atom is 0.430 e. The normalized spacial score (nSPS) is 17.5. The van der Waals surface area contributed by atoms with Crippen LogP contribution in [-0.2, 0) is 6.42 Å². The van der Waals surface area contributed by atoms with Crippen LogP contribution in [0.4, 0.5) is 0 Å². The number of nitrogens with zero attached hydrogens (tertiary/aromatic N) is 2. The number of carboxylic acids is 1. The second-order valence-electron chi connectivity index (χ2n) is 7.54. The molecule has 1 aromatic heterocycles. The van der Waals surface area contributed by atoms with Gasteiger partial charge in [-0.25, -0.2) is 4.79 Å². The number of hydrogen-bond acceptors (Lipinski definition) is 8. The van der Waals surface area contributed by atoms with Crippen molar-refractivity contribution in [3.05, 3.63) is 46.8 Å². The predicted octanol–water partition coefficient (Wildman–Crippen LogP) is 0.556. The molecule has 2 aliphatic rings. The first-order chi connectivity index (χ1) is 14.1. The summed E-state index contributed by atoms with van der Waals surface area (Å²) in [5.74, 6) is -1.97. The van der Waals surface area contributed by atoms with Crippen LogP contribution in [0.15, 0.2) is 24.4 Å². The van der Waals surface area contributed by atoms with E-state index < -0.39 is 24.7 Å². The highest BCUT2D eigenvalue weighted by Crippen LogP contribution is 2.39. The summed E-state index contributed by atoms with van der Waals surface area (Å²) in [6, 6.07) is 4.53. The maximum atomic E-state index is 12.5. The van der Waals surface area contributed by atoms with Crippen molar-refractivity contribution in [3.8, 4) is 17.2 Å². The molecule has 3 heterocycles. The number of likely N-dealkylation sites (tertiary alicyclic amines) is 1. The summed E-state index contributed by atoms with van der Waals surface area (Å²) in [5.41, 5.74) is 0.928. The third-order valence-corrected chi connectivity index (χ3v) is 5.19. The number of aryl methyl sites for hydroxylation is 2. The zero-order valence-corrected chi connectivity index (χ0v) is 16.1. The summed E-state index contributed by atoms with van der Waals surface area (Å²) in [5, 5.41) is 39.2. The molecule has 2 aliphatic heterocycles. The Kier molecular flexibility index (Phi) is 4.79. The van der Waals surface area contributed by atoms with E-state index in [-0.39, 0.29) is 54.2 Å². The third kappa shape index (κ3) is 3.64. The van der Waals surface area contributed by atoms with Gasteiger partial charge in [0, 0.05) is 18.0 Å². The van der Waals surface area contributed by atoms with Gasteiger partial charge in [-0.05, 0) is 25.0 Å². The number of benzene rings is 1. The molecule has 158 valence electrons. The van der Waals surface area contributed by atoms with Gasteiger partial charge in [-0.1, -0.05) is 12.4 Å². The Labute approximate surface area is 171 Å². The van der Waals surface area contributed by atoms with E-state index in [0.29, 0.717) is 11.3 Å². The fourth-order valence-corrected chi connectivity index (χ4v) is 3.57. The van der Waals surface area contributed by atoms with Gasteiger partial charge in [-0.3, -0.25) is 9.78 Å². The van der Waals surface area contributed by atoms with Crippen molar-refractivity contribution in [1.82, 2.24) is 9.88 Å². The van der Waals surface area contributed by atoms with Crippen LogP contribution >= 0.6 is 0 Å². The second-order valence-corrected chi connectivity index (χ2v) is 7.54. The Hall–Kier alpha value is -3.31. The highest BCUT2D eigenvalue weighted by molar-refractivity contribution is 6.59. The molecule has 1 amide bonds. The predicted molar refractivity (Wildman–Crippen MR) is 104 cm³/mol. The molecule has 0 spiro atoms. The quantitative estimate of drug-likeness (QED) is 0.525. The topological polar surface area (TPSA) is 150 Å². The zero-order chi connectivity index (χ0) is 21.6. The number of carbonyl (C=O) groups is 2. The monoisotopic (exact) mass is 415 g/mol. The Morgan fingerprint density at radius 1 is 1.30 bits per heavy atom. The largest absolute Gasteiger partial charge is 0.669 e. The molecule has 30 heavy (non-hydrogen) atoms. The summed E-state index contributed by atoms with van der Waals surface area (Å²) >= 11 is 0. The number of fused-ring (bicyclic) bond motifs is 1. The standard InChI is InChI=1S/C19H20BN2O8/c1-10-6-14(23)13(7-21-10)18(24)22-8-12(9-22)29-15-3-2-11-4-5-20(27,28)30-17(11)16(15)19(25)26/h2-3,6-7,12,27-28H,4-5,8-9H2,1H3,(H,21,23)(H,25,26)/q-1. The number of amides is 1. The lowest BCUT2D eigenvalue weighted by molar-refractivity contribution is 0.0166. The van der Waals surface area contributed by atoms with Crippen LogP contribution in [-0.4, -0.2) is 68.0 Å². The number of hydrogen-bond donors (Lipinski definition) is 4. The number of pyridine rings is 1. The van der Waals surface area contributed by atoms with Gasteiger partial charge in [-0.15, -0.1) is 0 Å². The molecule has 10 nitrogen and oxygen atoms in total. The van der Waals surface area contributed by atoms with E-state index in [1.165, 1.54) is 23.2 Å². The molecule has 2 aromatic rings. The van der Waals surface area contributed by atoms with Crippen molar-refractivity contribution < 1.29 is 39.2 Å². The van der Waals surface area contributed by atoms with E-state index in [0.717, 1.165) is 0 Å². The minimum Gasteiger partial charge on any atom is -0.669 e. The highest BCUT2D eigenvalue weighted by atomic mass is 16.6. The molecule has 4 N–H and O–H groups in total. The Morgan fingerprint density at radius 3 is 2.70 bits per heavy atom. The Balaban J connectivity index is 1.49. The summed E-state index contributed by atoms with van der Waals surface area (Å²) in [6.07, 6.45) is 1.09.